The molecular weight excluding hydrogens is 306 g/mol. The van der Waals surface area contributed by atoms with E-state index >= 15 is 0 Å². The number of hydrogen-bond donors (Lipinski definition) is 3. The molecule has 2 heterocycles. The number of carbonyl (C=O) groups is 1. The quantitative estimate of drug-likeness (QED) is 0.802. The topological polar surface area (TPSA) is 91.6 Å². The number of fused-ring (bicyclic) bond motifs is 1. The number of para-hydroxylation sites is 1. The van der Waals surface area contributed by atoms with Crippen LogP contribution in [0.3, 0.4) is 0 Å². The molecule has 0 spiro atoms. The highest BCUT2D eigenvalue weighted by Crippen LogP contribution is 2.19. The minimum Gasteiger partial charge on any atom is -0.389 e. The lowest BCUT2D eigenvalue weighted by molar-refractivity contribution is -0.170. The van der Waals surface area contributed by atoms with Crippen LogP contribution in [0.2, 0.25) is 0 Å². The number of β-amino-alcohol motifs (C(OH)–C–C–N with tert-alkyl or cyclic N) is 1. The summed E-state index contributed by atoms with van der Waals surface area (Å²) in [5.41, 5.74) is 7.98. The van der Waals surface area contributed by atoms with Crippen molar-refractivity contribution in [2.75, 3.05) is 13.2 Å². The Morgan fingerprint density at radius 1 is 1.38 bits per heavy atom. The molecule has 3 rings (SSSR count). The van der Waals surface area contributed by atoms with Gasteiger partial charge < -0.3 is 15.8 Å². The zero-order valence-corrected chi connectivity index (χ0v) is 15.0. The Kier molecular flexibility index (Phi) is 8.46. The van der Waals surface area contributed by atoms with E-state index in [0.29, 0.717) is 6.42 Å². The summed E-state index contributed by atoms with van der Waals surface area (Å²) >= 11 is 0. The molecule has 1 aliphatic heterocycles. The molecule has 1 aromatic carbocycles. The van der Waals surface area contributed by atoms with Crippen LogP contribution < -0.4 is 5.73 Å². The largest absolute Gasteiger partial charge is 0.389 e. The number of aromatic nitrogens is 1. The van der Waals surface area contributed by atoms with Gasteiger partial charge >= 0.3 is 0 Å². The molecule has 2 atom stereocenters. The number of carbonyl (C=O) groups excluding carboxylic acids is 1. The van der Waals surface area contributed by atoms with E-state index in [1.807, 2.05) is 58.2 Å². The second-order valence-corrected chi connectivity index (χ2v) is 5.02. The number of nitrogens with zero attached hydrogens (tertiary/aromatic N) is 1. The number of nitrogens with one attached hydrogen (secondary N) is 1. The molecule has 0 radical (unpaired) electrons. The number of rotatable bonds is 3. The third kappa shape index (κ3) is 4.80. The minimum atomic E-state index is -0.681. The van der Waals surface area contributed by atoms with Crippen LogP contribution in [-0.4, -0.2) is 46.4 Å². The van der Waals surface area contributed by atoms with E-state index in [1.165, 1.54) is 0 Å². The summed E-state index contributed by atoms with van der Waals surface area (Å²) in [6.07, 6.45) is 1.68. The zero-order chi connectivity index (χ0) is 18.1. The fraction of sp³-hybridized carbons (Fsp3) is 0.500. The molecule has 6 nitrogen and oxygen atoms in total. The minimum absolute atomic E-state index is 0.144. The van der Waals surface area contributed by atoms with E-state index in [-0.39, 0.29) is 19.1 Å². The molecule has 6 heteroatoms. The fourth-order valence-electron chi connectivity index (χ4n) is 2.44. The summed E-state index contributed by atoms with van der Waals surface area (Å²) in [4.78, 5) is 20.4. The summed E-state index contributed by atoms with van der Waals surface area (Å²) in [6, 6.07) is 7.19. The van der Waals surface area contributed by atoms with Gasteiger partial charge in [0.05, 0.1) is 18.7 Å². The second-order valence-electron chi connectivity index (χ2n) is 5.02. The number of H-pyrrole nitrogens is 1. The number of aromatic amines is 1. The van der Waals surface area contributed by atoms with Gasteiger partial charge in [0, 0.05) is 17.1 Å². The van der Waals surface area contributed by atoms with Crippen molar-refractivity contribution in [1.82, 2.24) is 10.0 Å². The molecule has 0 aliphatic carbocycles. The molecule has 1 aliphatic rings. The number of aliphatic hydroxyl groups is 1. The van der Waals surface area contributed by atoms with Crippen molar-refractivity contribution in [1.29, 1.82) is 0 Å². The lowest BCUT2D eigenvalue weighted by atomic mass is 10.1. The highest BCUT2D eigenvalue weighted by atomic mass is 16.7. The Morgan fingerprint density at radius 2 is 2.04 bits per heavy atom. The average Bonchev–Trinajstić information content (AvgIpc) is 3.24. The van der Waals surface area contributed by atoms with Crippen LogP contribution in [0.25, 0.3) is 10.9 Å². The van der Waals surface area contributed by atoms with Crippen LogP contribution in [0.15, 0.2) is 30.5 Å². The first-order valence-electron chi connectivity index (χ1n) is 8.58. The third-order valence-corrected chi connectivity index (χ3v) is 3.48. The van der Waals surface area contributed by atoms with Gasteiger partial charge in [-0.2, -0.15) is 0 Å². The molecule has 1 saturated heterocycles. The van der Waals surface area contributed by atoms with Crippen molar-refractivity contribution < 1.29 is 14.7 Å². The predicted octanol–water partition coefficient (Wildman–Crippen LogP) is 2.22. The third-order valence-electron chi connectivity index (χ3n) is 3.48. The van der Waals surface area contributed by atoms with Gasteiger partial charge in [0.1, 0.15) is 6.61 Å². The zero-order valence-electron chi connectivity index (χ0n) is 15.0. The van der Waals surface area contributed by atoms with Gasteiger partial charge in [-0.1, -0.05) is 45.9 Å². The van der Waals surface area contributed by atoms with Gasteiger partial charge in [0.15, 0.2) is 0 Å². The maximum absolute atomic E-state index is 12.1. The first-order valence-corrected chi connectivity index (χ1v) is 8.58. The van der Waals surface area contributed by atoms with Gasteiger partial charge in [-0.3, -0.25) is 9.63 Å². The number of amides is 1. The van der Waals surface area contributed by atoms with Crippen LogP contribution >= 0.6 is 0 Å². The Hall–Kier alpha value is -1.89. The summed E-state index contributed by atoms with van der Waals surface area (Å²) < 4.78 is 0. The molecule has 4 N–H and O–H groups in total. The van der Waals surface area contributed by atoms with Crippen LogP contribution in [0.4, 0.5) is 0 Å². The second kappa shape index (κ2) is 10.1. The average molecular weight is 335 g/mol. The Morgan fingerprint density at radius 3 is 2.67 bits per heavy atom. The number of hydroxylamine groups is 2. The highest BCUT2D eigenvalue weighted by molar-refractivity contribution is 5.85. The molecule has 134 valence electrons. The van der Waals surface area contributed by atoms with Crippen molar-refractivity contribution in [3.8, 4) is 0 Å². The fourth-order valence-corrected chi connectivity index (χ4v) is 2.44. The van der Waals surface area contributed by atoms with E-state index < -0.39 is 12.1 Å². The SMILES string of the molecule is CC.CC.N[C@@H](Cc1c[nH]c2ccccc12)C(=O)N1CC(O)CO1. The first-order chi connectivity index (χ1) is 11.6. The maximum Gasteiger partial charge on any atom is 0.263 e. The summed E-state index contributed by atoms with van der Waals surface area (Å²) in [7, 11) is 0. The summed E-state index contributed by atoms with van der Waals surface area (Å²) in [6.45, 7) is 8.33. The van der Waals surface area contributed by atoms with Gasteiger partial charge in [-0.25, -0.2) is 5.06 Å². The molecule has 1 fully saturated rings. The van der Waals surface area contributed by atoms with Crippen molar-refractivity contribution >= 4 is 16.8 Å². The number of benzene rings is 1. The molecule has 1 aromatic heterocycles. The maximum atomic E-state index is 12.1. The van der Waals surface area contributed by atoms with Gasteiger partial charge in [-0.05, 0) is 18.1 Å². The van der Waals surface area contributed by atoms with E-state index in [2.05, 4.69) is 4.98 Å². The van der Waals surface area contributed by atoms with E-state index in [1.54, 1.807) is 0 Å². The van der Waals surface area contributed by atoms with Gasteiger partial charge in [0.2, 0.25) is 0 Å². The van der Waals surface area contributed by atoms with Crippen molar-refractivity contribution in [2.24, 2.45) is 5.73 Å². The van der Waals surface area contributed by atoms with E-state index in [0.717, 1.165) is 21.5 Å². The number of hydrogen-bond acceptors (Lipinski definition) is 4. The normalized spacial score (nSPS) is 17.6. The Balaban J connectivity index is 0.000000671. The molecule has 24 heavy (non-hydrogen) atoms. The van der Waals surface area contributed by atoms with Crippen LogP contribution in [0.5, 0.6) is 0 Å². The van der Waals surface area contributed by atoms with Crippen molar-refractivity contribution in [3.05, 3.63) is 36.0 Å². The van der Waals surface area contributed by atoms with Crippen LogP contribution in [-0.2, 0) is 16.1 Å². The van der Waals surface area contributed by atoms with Crippen molar-refractivity contribution in [3.63, 3.8) is 0 Å². The first kappa shape index (κ1) is 20.2. The number of nitrogens with two attached hydrogens (primary N) is 1. The van der Waals surface area contributed by atoms with Crippen LogP contribution in [0.1, 0.15) is 33.3 Å². The van der Waals surface area contributed by atoms with E-state index in [9.17, 15) is 9.90 Å². The van der Waals surface area contributed by atoms with E-state index in [4.69, 9.17) is 10.6 Å². The van der Waals surface area contributed by atoms with Gasteiger partial charge in [-0.15, -0.1) is 0 Å². The number of aliphatic hydroxyl groups excluding tert-OH is 1. The van der Waals surface area contributed by atoms with Gasteiger partial charge in [0.25, 0.3) is 5.91 Å². The highest BCUT2D eigenvalue weighted by Gasteiger charge is 2.30. The lowest BCUT2D eigenvalue weighted by Crippen LogP contribution is -2.43. The summed E-state index contributed by atoms with van der Waals surface area (Å²) in [5, 5.41) is 11.6. The predicted molar refractivity (Wildman–Crippen MR) is 96.3 cm³/mol. The van der Waals surface area contributed by atoms with Crippen molar-refractivity contribution in [2.45, 2.75) is 46.3 Å². The van der Waals surface area contributed by atoms with Crippen LogP contribution in [0, 0.1) is 0 Å². The summed E-state index contributed by atoms with van der Waals surface area (Å²) in [5.74, 6) is -0.299. The molecule has 0 bridgehead atoms. The molecular formula is C18H29N3O3. The standard InChI is InChI=1S/C14H17N3O3.2C2H6/c15-12(14(19)17-7-10(18)8-20-17)5-9-6-16-13-4-2-1-3-11(9)13;2*1-2/h1-4,6,10,12,16,18H,5,7-8,15H2;2*1-2H3/t10?,12-;;/m0../s1. The smallest absolute Gasteiger partial charge is 0.263 e. The Labute approximate surface area is 143 Å². The Bertz CT molecular complexity index is 627. The monoisotopic (exact) mass is 335 g/mol. The lowest BCUT2D eigenvalue weighted by Gasteiger charge is -2.18. The molecule has 1 unspecified atom stereocenters. The molecule has 1 amide bonds. The molecule has 2 aromatic rings. The molecule has 0 saturated carbocycles.